The van der Waals surface area contributed by atoms with Gasteiger partial charge in [0.25, 0.3) is 0 Å². The zero-order valence-corrected chi connectivity index (χ0v) is 20.6. The summed E-state index contributed by atoms with van der Waals surface area (Å²) < 4.78 is 2.17. The number of hydrogen-bond acceptors (Lipinski definition) is 4. The first-order valence-electron chi connectivity index (χ1n) is 12.2. The minimum absolute atomic E-state index is 0.433. The molecule has 0 aliphatic heterocycles. The van der Waals surface area contributed by atoms with Crippen molar-refractivity contribution in [2.75, 3.05) is 0 Å². The van der Waals surface area contributed by atoms with Crippen molar-refractivity contribution in [1.82, 2.24) is 4.57 Å². The average molecular weight is 496 g/mol. The fourth-order valence-corrected chi connectivity index (χ4v) is 5.29. The van der Waals surface area contributed by atoms with Crippen LogP contribution in [0.4, 0.5) is 0 Å². The van der Waals surface area contributed by atoms with Crippen LogP contribution in [0, 0.1) is 45.3 Å². The summed E-state index contributed by atoms with van der Waals surface area (Å²) in [5.41, 5.74) is 7.37. The summed E-state index contributed by atoms with van der Waals surface area (Å²) in [4.78, 5) is 0. The molecule has 0 amide bonds. The largest absolute Gasteiger partial charge is 0.309 e. The lowest BCUT2D eigenvalue weighted by Gasteiger charge is -2.10. The number of benzene rings is 5. The van der Waals surface area contributed by atoms with Crippen molar-refractivity contribution in [3.05, 3.63) is 125 Å². The summed E-state index contributed by atoms with van der Waals surface area (Å²) >= 11 is 0. The van der Waals surface area contributed by atoms with E-state index in [9.17, 15) is 21.0 Å². The minimum atomic E-state index is 0.433. The maximum Gasteiger partial charge on any atom is 0.0998 e. The molecule has 0 unspecified atom stereocenters. The molecule has 0 spiro atoms. The molecule has 5 nitrogen and oxygen atoms in total. The number of hydrogen-bond donors (Lipinski definition) is 0. The van der Waals surface area contributed by atoms with Crippen molar-refractivity contribution in [3.8, 4) is 52.2 Å². The zero-order chi connectivity index (χ0) is 26.9. The topological polar surface area (TPSA) is 100 Å². The standard InChI is InChI=1S/C34H17N5/c35-18-24-6-4-7-25(19-36)33(24)22-12-14-31-29(16-22)30-17-23(34-26(20-37)8-5-9-27(34)21-38)13-15-32(30)39(31)28-10-2-1-3-11-28/h1-17H. The first-order valence-corrected chi connectivity index (χ1v) is 12.2. The third-order valence-electron chi connectivity index (χ3n) is 6.97. The van der Waals surface area contributed by atoms with Gasteiger partial charge in [0.15, 0.2) is 0 Å². The molecule has 5 aromatic carbocycles. The van der Waals surface area contributed by atoms with E-state index in [0.29, 0.717) is 33.4 Å². The summed E-state index contributed by atoms with van der Waals surface area (Å²) in [6, 6.07) is 41.1. The molecule has 0 saturated heterocycles. The second kappa shape index (κ2) is 9.38. The molecule has 6 aromatic rings. The SMILES string of the molecule is N#Cc1cccc(C#N)c1-c1ccc2c(c1)c1cc(-c3c(C#N)cccc3C#N)ccc1n2-c1ccccc1. The normalized spacial score (nSPS) is 10.5. The van der Waals surface area contributed by atoms with Crippen LogP contribution in [0.5, 0.6) is 0 Å². The molecule has 178 valence electrons. The van der Waals surface area contributed by atoms with E-state index in [1.165, 1.54) is 0 Å². The summed E-state index contributed by atoms with van der Waals surface area (Å²) in [5, 5.41) is 41.0. The van der Waals surface area contributed by atoms with Crippen LogP contribution in [0.15, 0.2) is 103 Å². The maximum absolute atomic E-state index is 9.78. The van der Waals surface area contributed by atoms with Crippen molar-refractivity contribution < 1.29 is 0 Å². The Balaban J connectivity index is 1.72. The van der Waals surface area contributed by atoms with E-state index in [1.807, 2.05) is 66.7 Å². The second-order valence-corrected chi connectivity index (χ2v) is 9.04. The van der Waals surface area contributed by atoms with Gasteiger partial charge in [-0.2, -0.15) is 21.0 Å². The van der Waals surface area contributed by atoms with Crippen molar-refractivity contribution in [2.24, 2.45) is 0 Å². The molecule has 39 heavy (non-hydrogen) atoms. The highest BCUT2D eigenvalue weighted by Gasteiger charge is 2.18. The van der Waals surface area contributed by atoms with Crippen LogP contribution in [-0.2, 0) is 0 Å². The number of para-hydroxylation sites is 1. The smallest absolute Gasteiger partial charge is 0.0998 e. The molecule has 1 heterocycles. The third-order valence-corrected chi connectivity index (χ3v) is 6.97. The fraction of sp³-hybridized carbons (Fsp3) is 0. The van der Waals surface area contributed by atoms with Crippen LogP contribution in [0.1, 0.15) is 22.3 Å². The number of rotatable bonds is 3. The zero-order valence-electron chi connectivity index (χ0n) is 20.6. The van der Waals surface area contributed by atoms with Crippen LogP contribution in [0.25, 0.3) is 49.7 Å². The summed E-state index contributed by atoms with van der Waals surface area (Å²) in [7, 11) is 0. The first-order chi connectivity index (χ1) is 19.2. The van der Waals surface area contributed by atoms with Crippen LogP contribution < -0.4 is 0 Å². The van der Waals surface area contributed by atoms with E-state index >= 15 is 0 Å². The van der Waals surface area contributed by atoms with Crippen LogP contribution >= 0.6 is 0 Å². The van der Waals surface area contributed by atoms with E-state index in [1.54, 1.807) is 36.4 Å². The Bertz CT molecular complexity index is 1910. The highest BCUT2D eigenvalue weighted by atomic mass is 15.0. The van der Waals surface area contributed by atoms with E-state index < -0.39 is 0 Å². The predicted octanol–water partition coefficient (Wildman–Crippen LogP) is 7.60. The van der Waals surface area contributed by atoms with E-state index in [2.05, 4.69) is 28.8 Å². The molecule has 6 rings (SSSR count). The first kappa shape index (κ1) is 23.3. The molecule has 0 radical (unpaired) electrons. The van der Waals surface area contributed by atoms with Gasteiger partial charge >= 0.3 is 0 Å². The van der Waals surface area contributed by atoms with Crippen LogP contribution in [0.3, 0.4) is 0 Å². The van der Waals surface area contributed by atoms with Crippen molar-refractivity contribution in [1.29, 1.82) is 21.0 Å². The van der Waals surface area contributed by atoms with E-state index in [4.69, 9.17) is 0 Å². The Morgan fingerprint density at radius 1 is 0.436 bits per heavy atom. The van der Waals surface area contributed by atoms with Crippen LogP contribution in [0.2, 0.25) is 0 Å². The molecule has 0 atom stereocenters. The van der Waals surface area contributed by atoms with Crippen molar-refractivity contribution in [2.45, 2.75) is 0 Å². The highest BCUT2D eigenvalue weighted by molar-refractivity contribution is 6.12. The number of aromatic nitrogens is 1. The molecule has 0 bridgehead atoms. The lowest BCUT2D eigenvalue weighted by Crippen LogP contribution is -1.94. The van der Waals surface area contributed by atoms with Gasteiger partial charge in [-0.3, -0.25) is 0 Å². The number of fused-ring (bicyclic) bond motifs is 3. The van der Waals surface area contributed by atoms with Crippen molar-refractivity contribution in [3.63, 3.8) is 0 Å². The monoisotopic (exact) mass is 495 g/mol. The van der Waals surface area contributed by atoms with Crippen molar-refractivity contribution >= 4 is 21.8 Å². The number of nitriles is 4. The molecule has 1 aromatic heterocycles. The molecule has 0 saturated carbocycles. The second-order valence-electron chi connectivity index (χ2n) is 9.04. The van der Waals surface area contributed by atoms with Gasteiger partial charge in [-0.05, 0) is 71.8 Å². The molecular weight excluding hydrogens is 478 g/mol. The Morgan fingerprint density at radius 3 is 1.23 bits per heavy atom. The molecule has 0 N–H and O–H groups in total. The molecular formula is C34H17N5. The van der Waals surface area contributed by atoms with Gasteiger partial charge in [0, 0.05) is 27.6 Å². The highest BCUT2D eigenvalue weighted by Crippen LogP contribution is 2.39. The Labute approximate surface area is 224 Å². The molecule has 5 heteroatoms. The molecule has 0 fully saturated rings. The number of nitrogens with zero attached hydrogens (tertiary/aromatic N) is 5. The summed E-state index contributed by atoms with van der Waals surface area (Å²) in [5.74, 6) is 0. The van der Waals surface area contributed by atoms with Gasteiger partial charge in [0.05, 0.1) is 57.6 Å². The van der Waals surface area contributed by atoms with Gasteiger partial charge < -0.3 is 4.57 Å². The minimum Gasteiger partial charge on any atom is -0.309 e. The van der Waals surface area contributed by atoms with Gasteiger partial charge in [0.1, 0.15) is 0 Å². The van der Waals surface area contributed by atoms with E-state index in [0.717, 1.165) is 38.6 Å². The van der Waals surface area contributed by atoms with Gasteiger partial charge in [-0.1, -0.05) is 42.5 Å². The van der Waals surface area contributed by atoms with Gasteiger partial charge in [0.2, 0.25) is 0 Å². The summed E-state index contributed by atoms with van der Waals surface area (Å²) in [6.45, 7) is 0. The Hall–Kier alpha value is -6.14. The lowest BCUT2D eigenvalue weighted by atomic mass is 9.93. The fourth-order valence-electron chi connectivity index (χ4n) is 5.29. The third kappa shape index (κ3) is 3.68. The maximum atomic E-state index is 9.78. The predicted molar refractivity (Wildman–Crippen MR) is 151 cm³/mol. The molecule has 0 aliphatic carbocycles. The lowest BCUT2D eigenvalue weighted by molar-refractivity contribution is 1.18. The molecule has 0 aliphatic rings. The quantitative estimate of drug-likeness (QED) is 0.252. The Kier molecular flexibility index (Phi) is 5.60. The average Bonchev–Trinajstić information content (AvgIpc) is 3.33. The van der Waals surface area contributed by atoms with Gasteiger partial charge in [-0.25, -0.2) is 0 Å². The summed E-state index contributed by atoms with van der Waals surface area (Å²) in [6.07, 6.45) is 0. The van der Waals surface area contributed by atoms with Gasteiger partial charge in [-0.15, -0.1) is 0 Å². The van der Waals surface area contributed by atoms with E-state index in [-0.39, 0.29) is 0 Å². The van der Waals surface area contributed by atoms with Crippen LogP contribution in [-0.4, -0.2) is 4.57 Å². The Morgan fingerprint density at radius 2 is 0.846 bits per heavy atom.